The molecule has 0 heterocycles. The molecule has 2 rings (SSSR count). The highest BCUT2D eigenvalue weighted by molar-refractivity contribution is 6.33. The number of carbonyl (C=O) groups excluding carboxylic acids is 3. The maximum absolute atomic E-state index is 12.8. The normalized spacial score (nSPS) is 10.9. The van der Waals surface area contributed by atoms with E-state index in [1.165, 1.54) is 36.4 Å². The van der Waals surface area contributed by atoms with E-state index >= 15 is 0 Å². The number of carbonyl (C=O) groups is 3. The summed E-state index contributed by atoms with van der Waals surface area (Å²) in [4.78, 5) is 47.3. The molecule has 29 heavy (non-hydrogen) atoms. The highest BCUT2D eigenvalue weighted by atomic mass is 35.5. The molecule has 0 aliphatic heterocycles. The van der Waals surface area contributed by atoms with Gasteiger partial charge < -0.3 is 9.47 Å². The maximum atomic E-state index is 12.8. The lowest BCUT2D eigenvalue weighted by molar-refractivity contribution is -0.384. The monoisotopic (exact) mass is 419 g/mol. The molecule has 0 radical (unpaired) electrons. The molecular weight excluding hydrogens is 402 g/mol. The molecule has 0 fully saturated rings. The number of nitro benzene ring substituents is 1. The average molecular weight is 420 g/mol. The van der Waals surface area contributed by atoms with E-state index in [0.29, 0.717) is 0 Å². The minimum Gasteiger partial charge on any atom is -0.457 e. The van der Waals surface area contributed by atoms with Crippen molar-refractivity contribution in [2.24, 2.45) is 0 Å². The Morgan fingerprint density at radius 1 is 1.07 bits per heavy atom. The summed E-state index contributed by atoms with van der Waals surface area (Å²) in [6.07, 6.45) is 0. The van der Waals surface area contributed by atoms with E-state index in [1.54, 1.807) is 20.8 Å². The smallest absolute Gasteiger partial charge is 0.344 e. The Hall–Kier alpha value is -3.26. The number of halogens is 1. The Morgan fingerprint density at radius 3 is 2.28 bits per heavy atom. The summed E-state index contributed by atoms with van der Waals surface area (Å²) in [6, 6.07) is 9.37. The standard InChI is InChI=1S/C20H18ClNO7/c1-20(2,3)29-17(23)11-28-19(25)14-7-5-4-6-13(14)18(24)12-8-9-15(21)16(10-12)22(26)27/h4-10H,11H2,1-3H3. The van der Waals surface area contributed by atoms with Crippen LogP contribution in [0.2, 0.25) is 5.02 Å². The van der Waals surface area contributed by atoms with E-state index in [0.717, 1.165) is 6.07 Å². The van der Waals surface area contributed by atoms with E-state index in [1.807, 2.05) is 0 Å². The van der Waals surface area contributed by atoms with Crippen molar-refractivity contribution in [2.75, 3.05) is 6.61 Å². The van der Waals surface area contributed by atoms with Gasteiger partial charge in [-0.1, -0.05) is 29.8 Å². The lowest BCUT2D eigenvalue weighted by atomic mass is 9.98. The third-order valence-corrected chi connectivity index (χ3v) is 3.86. The van der Waals surface area contributed by atoms with Crippen LogP contribution < -0.4 is 0 Å². The zero-order chi connectivity index (χ0) is 21.8. The Balaban J connectivity index is 2.25. The molecule has 0 aromatic heterocycles. The van der Waals surface area contributed by atoms with Crippen molar-refractivity contribution in [3.8, 4) is 0 Å². The molecule has 0 saturated carbocycles. The van der Waals surface area contributed by atoms with E-state index in [4.69, 9.17) is 21.1 Å². The minimum atomic E-state index is -0.900. The van der Waals surface area contributed by atoms with Gasteiger partial charge in [0.15, 0.2) is 12.4 Å². The first-order valence-corrected chi connectivity index (χ1v) is 8.84. The molecule has 0 bridgehead atoms. The predicted octanol–water partition coefficient (Wildman–Crippen LogP) is 3.98. The van der Waals surface area contributed by atoms with Gasteiger partial charge >= 0.3 is 11.9 Å². The van der Waals surface area contributed by atoms with Crippen molar-refractivity contribution in [1.29, 1.82) is 0 Å². The summed E-state index contributed by atoms with van der Waals surface area (Å²) in [7, 11) is 0. The molecule has 0 saturated heterocycles. The van der Waals surface area contributed by atoms with Crippen LogP contribution >= 0.6 is 11.6 Å². The molecule has 2 aromatic carbocycles. The van der Waals surface area contributed by atoms with Crippen molar-refractivity contribution >= 4 is 35.0 Å². The highest BCUT2D eigenvalue weighted by Crippen LogP contribution is 2.27. The topological polar surface area (TPSA) is 113 Å². The van der Waals surface area contributed by atoms with E-state index in [2.05, 4.69) is 0 Å². The van der Waals surface area contributed by atoms with E-state index in [9.17, 15) is 24.5 Å². The van der Waals surface area contributed by atoms with Crippen LogP contribution in [-0.2, 0) is 14.3 Å². The van der Waals surface area contributed by atoms with E-state index in [-0.39, 0.29) is 21.7 Å². The maximum Gasteiger partial charge on any atom is 0.344 e. The Morgan fingerprint density at radius 2 is 1.69 bits per heavy atom. The van der Waals surface area contributed by atoms with Gasteiger partial charge in [-0.05, 0) is 39.0 Å². The van der Waals surface area contributed by atoms with Crippen LogP contribution in [0.1, 0.15) is 47.1 Å². The van der Waals surface area contributed by atoms with Crippen LogP contribution in [0, 0.1) is 10.1 Å². The number of ether oxygens (including phenoxy) is 2. The second-order valence-electron chi connectivity index (χ2n) is 6.96. The minimum absolute atomic E-state index is 0.0199. The molecule has 0 amide bonds. The highest BCUT2D eigenvalue weighted by Gasteiger charge is 2.23. The van der Waals surface area contributed by atoms with Crippen molar-refractivity contribution < 1.29 is 28.8 Å². The van der Waals surface area contributed by atoms with Crippen LogP contribution in [0.15, 0.2) is 42.5 Å². The summed E-state index contributed by atoms with van der Waals surface area (Å²) in [5.41, 5.74) is -1.30. The van der Waals surface area contributed by atoms with Crippen molar-refractivity contribution in [3.63, 3.8) is 0 Å². The van der Waals surface area contributed by atoms with Gasteiger partial charge in [-0.3, -0.25) is 14.9 Å². The molecule has 8 nitrogen and oxygen atoms in total. The summed E-state index contributed by atoms with van der Waals surface area (Å²) in [5.74, 6) is -2.26. The number of nitro groups is 1. The van der Waals surface area contributed by atoms with Gasteiger partial charge in [-0.15, -0.1) is 0 Å². The van der Waals surface area contributed by atoms with Gasteiger partial charge in [0.25, 0.3) is 5.69 Å². The molecule has 0 aliphatic rings. The Bertz CT molecular complexity index is 979. The van der Waals surface area contributed by atoms with Crippen molar-refractivity contribution in [1.82, 2.24) is 0 Å². The van der Waals surface area contributed by atoms with Gasteiger partial charge in [0.05, 0.1) is 10.5 Å². The van der Waals surface area contributed by atoms with Crippen LogP contribution in [0.25, 0.3) is 0 Å². The number of hydrogen-bond acceptors (Lipinski definition) is 7. The van der Waals surface area contributed by atoms with Crippen LogP contribution in [0.3, 0.4) is 0 Å². The van der Waals surface area contributed by atoms with Crippen LogP contribution in [0.5, 0.6) is 0 Å². The summed E-state index contributed by atoms with van der Waals surface area (Å²) < 4.78 is 10.0. The Labute approximate surface area is 171 Å². The predicted molar refractivity (Wildman–Crippen MR) is 104 cm³/mol. The molecule has 2 aromatic rings. The summed E-state index contributed by atoms with van der Waals surface area (Å²) in [6.45, 7) is 4.40. The van der Waals surface area contributed by atoms with Gasteiger partial charge in [-0.2, -0.15) is 0 Å². The summed E-state index contributed by atoms with van der Waals surface area (Å²) in [5, 5.41) is 10.9. The number of esters is 2. The fourth-order valence-electron chi connectivity index (χ4n) is 2.38. The van der Waals surface area contributed by atoms with Crippen molar-refractivity contribution in [3.05, 3.63) is 74.3 Å². The first-order valence-electron chi connectivity index (χ1n) is 8.46. The van der Waals surface area contributed by atoms with E-state index < -0.39 is 40.5 Å². The lowest BCUT2D eigenvalue weighted by Gasteiger charge is -2.19. The molecule has 0 unspecified atom stereocenters. The molecule has 0 atom stereocenters. The zero-order valence-electron chi connectivity index (χ0n) is 15.9. The average Bonchev–Trinajstić information content (AvgIpc) is 2.64. The number of benzene rings is 2. The van der Waals surface area contributed by atoms with Gasteiger partial charge in [0.2, 0.25) is 0 Å². The van der Waals surface area contributed by atoms with Crippen LogP contribution in [0.4, 0.5) is 5.69 Å². The number of rotatable bonds is 6. The lowest BCUT2D eigenvalue weighted by Crippen LogP contribution is -2.27. The third-order valence-electron chi connectivity index (χ3n) is 3.54. The molecule has 9 heteroatoms. The second-order valence-corrected chi connectivity index (χ2v) is 7.37. The summed E-state index contributed by atoms with van der Waals surface area (Å²) >= 11 is 5.77. The fraction of sp³-hybridized carbons (Fsp3) is 0.250. The van der Waals surface area contributed by atoms with Crippen LogP contribution in [-0.4, -0.2) is 34.9 Å². The first kappa shape index (κ1) is 22.0. The first-order chi connectivity index (χ1) is 13.5. The third kappa shape index (κ3) is 5.86. The number of nitrogens with zero attached hydrogens (tertiary/aromatic N) is 1. The Kier molecular flexibility index (Phi) is 6.71. The second kappa shape index (κ2) is 8.83. The fourth-order valence-corrected chi connectivity index (χ4v) is 2.57. The SMILES string of the molecule is CC(C)(C)OC(=O)COC(=O)c1ccccc1C(=O)c1ccc(Cl)c([N+](=O)[O-])c1. The van der Waals surface area contributed by atoms with Gasteiger partial charge in [-0.25, -0.2) is 9.59 Å². The number of ketones is 1. The van der Waals surface area contributed by atoms with Crippen molar-refractivity contribution in [2.45, 2.75) is 26.4 Å². The quantitative estimate of drug-likeness (QED) is 0.301. The molecule has 0 N–H and O–H groups in total. The molecule has 152 valence electrons. The molecule has 0 spiro atoms. The van der Waals surface area contributed by atoms with Gasteiger partial charge in [0.1, 0.15) is 10.6 Å². The number of hydrogen-bond donors (Lipinski definition) is 0. The van der Waals surface area contributed by atoms with Gasteiger partial charge in [0, 0.05) is 17.2 Å². The molecule has 0 aliphatic carbocycles. The molecular formula is C20H18ClNO7. The largest absolute Gasteiger partial charge is 0.457 e. The zero-order valence-corrected chi connectivity index (χ0v) is 16.7.